The third-order valence-electron chi connectivity index (χ3n) is 7.24. The number of hydrogen-bond donors (Lipinski definition) is 1. The number of hydrogen-bond acceptors (Lipinski definition) is 7. The highest BCUT2D eigenvalue weighted by molar-refractivity contribution is 5.89. The highest BCUT2D eigenvalue weighted by Gasteiger charge is 2.39. The Labute approximate surface area is 228 Å². The van der Waals surface area contributed by atoms with Gasteiger partial charge in [0, 0.05) is 44.4 Å². The van der Waals surface area contributed by atoms with E-state index in [4.69, 9.17) is 4.74 Å². The Morgan fingerprint density at radius 2 is 1.82 bits per heavy atom. The van der Waals surface area contributed by atoms with Gasteiger partial charge < -0.3 is 19.3 Å². The number of carbonyl (C=O) groups is 1. The zero-order chi connectivity index (χ0) is 28.6. The Morgan fingerprint density at radius 3 is 2.50 bits per heavy atom. The van der Waals surface area contributed by atoms with Gasteiger partial charge in [-0.25, -0.2) is 13.8 Å². The molecule has 9 nitrogen and oxygen atoms in total. The fraction of sp³-hybridized carbons (Fsp3) is 0.241. The lowest BCUT2D eigenvalue weighted by Crippen LogP contribution is -2.57. The van der Waals surface area contributed by atoms with Crippen LogP contribution in [-0.2, 0) is 11.8 Å². The zero-order valence-corrected chi connectivity index (χ0v) is 21.7. The lowest BCUT2D eigenvalue weighted by atomic mass is 9.93. The molecule has 0 spiro atoms. The normalized spacial score (nSPS) is 16.5. The predicted molar refractivity (Wildman–Crippen MR) is 143 cm³/mol. The molecule has 2 atom stereocenters. The van der Waals surface area contributed by atoms with Crippen LogP contribution in [0.1, 0.15) is 22.9 Å². The van der Waals surface area contributed by atoms with E-state index in [1.54, 1.807) is 35.0 Å². The molecule has 2 aromatic heterocycles. The molecule has 1 N–H and O–H groups in total. The van der Waals surface area contributed by atoms with Crippen molar-refractivity contribution in [3.63, 3.8) is 0 Å². The minimum Gasteiger partial charge on any atom is -0.496 e. The van der Waals surface area contributed by atoms with Crippen LogP contribution in [0, 0.1) is 23.0 Å². The number of anilines is 1. The van der Waals surface area contributed by atoms with Gasteiger partial charge in [0.05, 0.1) is 24.4 Å². The van der Waals surface area contributed by atoms with Crippen LogP contribution in [0.25, 0.3) is 11.0 Å². The van der Waals surface area contributed by atoms with E-state index >= 15 is 0 Å². The number of nitrogens with zero attached hydrogens (tertiary/aromatic N) is 5. The van der Waals surface area contributed by atoms with Crippen LogP contribution in [0.4, 0.5) is 14.5 Å². The van der Waals surface area contributed by atoms with Gasteiger partial charge in [0.15, 0.2) is 0 Å². The van der Waals surface area contributed by atoms with E-state index in [-0.39, 0.29) is 30.1 Å². The molecule has 204 valence electrons. The molecule has 0 aliphatic carbocycles. The first kappa shape index (κ1) is 26.8. The van der Waals surface area contributed by atoms with Crippen molar-refractivity contribution in [3.05, 3.63) is 99.5 Å². The van der Waals surface area contributed by atoms with E-state index in [0.717, 1.165) is 0 Å². The number of ether oxygens (including phenoxy) is 1. The summed E-state index contributed by atoms with van der Waals surface area (Å²) in [5.74, 6) is -1.85. The summed E-state index contributed by atoms with van der Waals surface area (Å²) in [4.78, 5) is 33.4. The second kappa shape index (κ2) is 10.7. The molecule has 1 saturated heterocycles. The zero-order valence-electron chi connectivity index (χ0n) is 21.7. The summed E-state index contributed by atoms with van der Waals surface area (Å²) >= 11 is 0. The van der Waals surface area contributed by atoms with Crippen LogP contribution >= 0.6 is 0 Å². The highest BCUT2D eigenvalue weighted by atomic mass is 19.1. The molecule has 4 aromatic rings. The number of fused-ring (bicyclic) bond motifs is 1. The maximum absolute atomic E-state index is 14.1. The maximum atomic E-state index is 14.1. The number of pyridine rings is 2. The molecule has 0 saturated carbocycles. The molecular weight excluding hydrogens is 520 g/mol. The van der Waals surface area contributed by atoms with Crippen LogP contribution in [0.15, 0.2) is 65.5 Å². The number of nitriles is 1. The summed E-state index contributed by atoms with van der Waals surface area (Å²) < 4.78 is 34.8. The van der Waals surface area contributed by atoms with E-state index in [2.05, 4.69) is 4.98 Å². The number of aliphatic carboxylic acids is 1. The second-order valence-corrected chi connectivity index (χ2v) is 9.48. The summed E-state index contributed by atoms with van der Waals surface area (Å²) in [7, 11) is 3.00. The van der Waals surface area contributed by atoms with Gasteiger partial charge in [-0.3, -0.25) is 14.5 Å². The summed E-state index contributed by atoms with van der Waals surface area (Å²) in [5.41, 5.74) is 2.34. The number of rotatable bonds is 6. The van der Waals surface area contributed by atoms with Crippen LogP contribution in [0.2, 0.25) is 0 Å². The van der Waals surface area contributed by atoms with E-state index in [1.807, 2.05) is 6.07 Å². The minimum atomic E-state index is -1.11. The topological polar surface area (TPSA) is 112 Å². The van der Waals surface area contributed by atoms with Crippen LogP contribution < -0.4 is 15.2 Å². The Morgan fingerprint density at radius 1 is 1.10 bits per heavy atom. The van der Waals surface area contributed by atoms with Crippen molar-refractivity contribution < 1.29 is 23.4 Å². The van der Waals surface area contributed by atoms with Crippen LogP contribution in [0.5, 0.6) is 5.75 Å². The predicted octanol–water partition coefficient (Wildman–Crippen LogP) is 3.46. The van der Waals surface area contributed by atoms with Crippen molar-refractivity contribution in [1.82, 2.24) is 14.5 Å². The molecule has 1 fully saturated rings. The summed E-state index contributed by atoms with van der Waals surface area (Å²) in [5, 5.41) is 19.8. The van der Waals surface area contributed by atoms with Gasteiger partial charge in [-0.2, -0.15) is 5.26 Å². The molecule has 0 amide bonds. The number of halogens is 2. The number of methoxy groups -OCH3 is 1. The first-order valence-corrected chi connectivity index (χ1v) is 12.4. The minimum absolute atomic E-state index is 0.0166. The summed E-state index contributed by atoms with van der Waals surface area (Å²) in [6.45, 7) is 0.511. The van der Waals surface area contributed by atoms with Gasteiger partial charge in [-0.15, -0.1) is 0 Å². The molecule has 1 aliphatic heterocycles. The highest BCUT2D eigenvalue weighted by Crippen LogP contribution is 2.38. The van der Waals surface area contributed by atoms with E-state index < -0.39 is 29.7 Å². The standard InChI is InChI=1S/C29H25F2N5O4/c1-34-22-10-8-20(15-32)33-27(22)23(14-26(34)37)35-11-12-36(24(16-35)29(38)39)28(17-3-5-18(30)6-4-17)21-9-7-19(31)13-25(21)40-2/h3-10,13-14,24,28H,11-12,16H2,1-2H3,(H,38,39). The molecule has 40 heavy (non-hydrogen) atoms. The second-order valence-electron chi connectivity index (χ2n) is 9.48. The third kappa shape index (κ3) is 4.85. The SMILES string of the molecule is COc1cc(F)ccc1C(c1ccc(F)cc1)N1CCN(c2cc(=O)n(C)c3ccc(C#N)nc23)CC1C(=O)O. The Bertz CT molecular complexity index is 1700. The first-order valence-electron chi connectivity index (χ1n) is 12.4. The largest absolute Gasteiger partial charge is 0.496 e. The molecule has 2 aromatic carbocycles. The van der Waals surface area contributed by atoms with Gasteiger partial charge in [0.2, 0.25) is 0 Å². The lowest BCUT2D eigenvalue weighted by molar-refractivity contribution is -0.144. The van der Waals surface area contributed by atoms with Crippen molar-refractivity contribution in [2.45, 2.75) is 12.1 Å². The molecular formula is C29H25F2N5O4. The quantitative estimate of drug-likeness (QED) is 0.392. The Kier molecular flexibility index (Phi) is 7.19. The van der Waals surface area contributed by atoms with E-state index in [0.29, 0.717) is 34.4 Å². The van der Waals surface area contributed by atoms with Gasteiger partial charge in [-0.1, -0.05) is 18.2 Å². The molecule has 0 bridgehead atoms. The average molecular weight is 546 g/mol. The maximum Gasteiger partial charge on any atom is 0.322 e. The van der Waals surface area contributed by atoms with Gasteiger partial charge >= 0.3 is 5.97 Å². The van der Waals surface area contributed by atoms with Gasteiger partial charge in [0.1, 0.15) is 40.7 Å². The summed E-state index contributed by atoms with van der Waals surface area (Å²) in [6.07, 6.45) is 0. The molecule has 5 rings (SSSR count). The van der Waals surface area contributed by atoms with Crippen LogP contribution in [0.3, 0.4) is 0 Å². The third-order valence-corrected chi connectivity index (χ3v) is 7.24. The van der Waals surface area contributed by atoms with Gasteiger partial charge in [-0.05, 0) is 35.9 Å². The van der Waals surface area contributed by atoms with Crippen molar-refractivity contribution in [3.8, 4) is 11.8 Å². The fourth-order valence-corrected chi connectivity index (χ4v) is 5.27. The molecule has 1 aliphatic rings. The number of piperazine rings is 1. The molecule has 3 heterocycles. The first-order chi connectivity index (χ1) is 19.2. The fourth-order valence-electron chi connectivity index (χ4n) is 5.27. The monoisotopic (exact) mass is 545 g/mol. The van der Waals surface area contributed by atoms with Crippen molar-refractivity contribution >= 4 is 22.7 Å². The lowest BCUT2D eigenvalue weighted by Gasteiger charge is -2.44. The molecule has 11 heteroatoms. The Hall–Kier alpha value is -4.82. The number of aryl methyl sites for hydroxylation is 1. The van der Waals surface area contributed by atoms with Crippen molar-refractivity contribution in [1.29, 1.82) is 5.26 Å². The van der Waals surface area contributed by atoms with E-state index in [1.165, 1.54) is 54.1 Å². The van der Waals surface area contributed by atoms with Crippen molar-refractivity contribution in [2.75, 3.05) is 31.6 Å². The van der Waals surface area contributed by atoms with E-state index in [9.17, 15) is 28.7 Å². The number of carboxylic acid groups (broad SMARTS) is 1. The number of benzene rings is 2. The number of aromatic nitrogens is 2. The smallest absolute Gasteiger partial charge is 0.322 e. The molecule has 2 unspecified atom stereocenters. The number of carboxylic acids is 1. The van der Waals surface area contributed by atoms with Gasteiger partial charge in [0.25, 0.3) is 5.56 Å². The summed E-state index contributed by atoms with van der Waals surface area (Å²) in [6, 6.07) is 14.5. The van der Waals surface area contributed by atoms with Crippen molar-refractivity contribution in [2.24, 2.45) is 7.05 Å². The van der Waals surface area contributed by atoms with Crippen LogP contribution in [-0.4, -0.2) is 58.3 Å². The molecule has 0 radical (unpaired) electrons. The average Bonchev–Trinajstić information content (AvgIpc) is 2.96. The Balaban J connectivity index is 1.60.